The second-order valence-electron chi connectivity index (χ2n) is 10.2. The molecule has 3 aromatic rings. The van der Waals surface area contributed by atoms with Crippen molar-refractivity contribution in [2.45, 2.75) is 57.7 Å². The lowest BCUT2D eigenvalue weighted by Crippen LogP contribution is -2.62. The third-order valence-electron chi connectivity index (χ3n) is 6.11. The summed E-state index contributed by atoms with van der Waals surface area (Å²) >= 11 is 0. The zero-order valence-corrected chi connectivity index (χ0v) is 20.0. The lowest BCUT2D eigenvalue weighted by atomic mass is 9.79. The molecular weight excluding hydrogens is 412 g/mol. The molecule has 0 atom stereocenters. The lowest BCUT2D eigenvalue weighted by Gasteiger charge is -2.46. The van der Waals surface area contributed by atoms with E-state index in [1.807, 2.05) is 60.7 Å². The highest BCUT2D eigenvalue weighted by Crippen LogP contribution is 2.33. The predicted octanol–water partition coefficient (Wildman–Crippen LogP) is 4.15. The molecule has 0 saturated carbocycles. The normalized spacial score (nSPS) is 17.5. The molecule has 2 N–H and O–H groups in total. The number of carbonyl (C=O) groups excluding carboxylic acids is 1. The van der Waals surface area contributed by atoms with E-state index in [0.29, 0.717) is 11.3 Å². The highest BCUT2D eigenvalue weighted by Gasteiger charge is 2.39. The Hall–Kier alpha value is -3.25. The first-order valence-corrected chi connectivity index (χ1v) is 11.4. The number of rotatable bonds is 4. The molecule has 0 spiro atoms. The van der Waals surface area contributed by atoms with E-state index in [9.17, 15) is 9.59 Å². The largest absolute Gasteiger partial charge is 0.349 e. The molecule has 4 rings (SSSR count). The van der Waals surface area contributed by atoms with Crippen molar-refractivity contribution in [2.75, 3.05) is 0 Å². The number of nitrogens with one attached hydrogen (secondary N) is 2. The van der Waals surface area contributed by atoms with Crippen LogP contribution in [0.4, 0.5) is 0 Å². The van der Waals surface area contributed by atoms with E-state index in [2.05, 4.69) is 43.4 Å². The van der Waals surface area contributed by atoms with Crippen molar-refractivity contribution in [1.29, 1.82) is 0 Å². The van der Waals surface area contributed by atoms with Gasteiger partial charge in [-0.05, 0) is 46.1 Å². The van der Waals surface area contributed by atoms with Crippen molar-refractivity contribution in [3.63, 3.8) is 0 Å². The Morgan fingerprint density at radius 1 is 0.939 bits per heavy atom. The van der Waals surface area contributed by atoms with E-state index < -0.39 is 5.56 Å². The molecule has 0 unspecified atom stereocenters. The van der Waals surface area contributed by atoms with Gasteiger partial charge in [0.25, 0.3) is 11.5 Å². The minimum atomic E-state index is -0.404. The van der Waals surface area contributed by atoms with Gasteiger partial charge in [0.05, 0.1) is 5.69 Å². The number of aromatic nitrogens is 2. The summed E-state index contributed by atoms with van der Waals surface area (Å²) in [6, 6.07) is 19.2. The zero-order chi connectivity index (χ0) is 23.8. The van der Waals surface area contributed by atoms with Gasteiger partial charge in [-0.25, -0.2) is 4.68 Å². The second-order valence-corrected chi connectivity index (χ2v) is 10.2. The van der Waals surface area contributed by atoms with E-state index in [0.717, 1.165) is 24.0 Å². The molecule has 33 heavy (non-hydrogen) atoms. The predicted molar refractivity (Wildman–Crippen MR) is 132 cm³/mol. The van der Waals surface area contributed by atoms with E-state index in [-0.39, 0.29) is 28.6 Å². The number of piperidine rings is 1. The van der Waals surface area contributed by atoms with Crippen LogP contribution in [0.25, 0.3) is 22.4 Å². The summed E-state index contributed by atoms with van der Waals surface area (Å²) in [7, 11) is 1.59. The first kappa shape index (κ1) is 22.9. The summed E-state index contributed by atoms with van der Waals surface area (Å²) < 4.78 is 1.26. The molecule has 0 bridgehead atoms. The number of benzene rings is 2. The van der Waals surface area contributed by atoms with Gasteiger partial charge in [0.1, 0.15) is 5.56 Å². The molecule has 0 aliphatic carbocycles. The molecule has 1 saturated heterocycles. The quantitative estimate of drug-likeness (QED) is 0.634. The SMILES string of the molecule is Cn1nc(-c2ccccc2)c(-c2ccccc2)c(C(=O)NC2CC(C)(C)NC(C)(C)C2)c1=O. The Kier molecular flexibility index (Phi) is 5.97. The number of carbonyl (C=O) groups is 1. The summed E-state index contributed by atoms with van der Waals surface area (Å²) in [5.74, 6) is -0.354. The van der Waals surface area contributed by atoms with Crippen molar-refractivity contribution in [2.24, 2.45) is 7.05 Å². The molecule has 1 amide bonds. The van der Waals surface area contributed by atoms with Crippen molar-refractivity contribution in [1.82, 2.24) is 20.4 Å². The molecule has 6 nitrogen and oxygen atoms in total. The summed E-state index contributed by atoms with van der Waals surface area (Å²) in [4.78, 5) is 27.0. The van der Waals surface area contributed by atoms with Gasteiger partial charge in [0, 0.05) is 35.3 Å². The van der Waals surface area contributed by atoms with Crippen LogP contribution >= 0.6 is 0 Å². The molecule has 6 heteroatoms. The maximum atomic E-state index is 13.7. The van der Waals surface area contributed by atoms with Crippen LogP contribution in [0, 0.1) is 0 Å². The van der Waals surface area contributed by atoms with Gasteiger partial charge in [-0.3, -0.25) is 9.59 Å². The third kappa shape index (κ3) is 4.91. The Balaban J connectivity index is 1.85. The summed E-state index contributed by atoms with van der Waals surface area (Å²) in [5.41, 5.74) is 2.30. The van der Waals surface area contributed by atoms with Crippen LogP contribution in [0.5, 0.6) is 0 Å². The fourth-order valence-electron chi connectivity index (χ4n) is 5.21. The van der Waals surface area contributed by atoms with Crippen LogP contribution < -0.4 is 16.2 Å². The van der Waals surface area contributed by atoms with Crippen LogP contribution in [-0.4, -0.2) is 32.8 Å². The third-order valence-corrected chi connectivity index (χ3v) is 6.11. The van der Waals surface area contributed by atoms with Gasteiger partial charge in [-0.15, -0.1) is 0 Å². The Morgan fingerprint density at radius 2 is 1.45 bits per heavy atom. The van der Waals surface area contributed by atoms with Crippen LogP contribution in [0.15, 0.2) is 65.5 Å². The highest BCUT2D eigenvalue weighted by atomic mass is 16.2. The van der Waals surface area contributed by atoms with Gasteiger partial charge in [-0.2, -0.15) is 5.10 Å². The second kappa shape index (κ2) is 8.60. The number of amides is 1. The van der Waals surface area contributed by atoms with Crippen molar-refractivity contribution < 1.29 is 4.79 Å². The number of hydrogen-bond acceptors (Lipinski definition) is 4. The number of hydrogen-bond donors (Lipinski definition) is 2. The van der Waals surface area contributed by atoms with Crippen molar-refractivity contribution in [3.05, 3.63) is 76.6 Å². The van der Waals surface area contributed by atoms with Crippen molar-refractivity contribution in [3.8, 4) is 22.4 Å². The van der Waals surface area contributed by atoms with E-state index in [1.165, 1.54) is 4.68 Å². The average Bonchev–Trinajstić information content (AvgIpc) is 2.74. The molecule has 1 aromatic heterocycles. The fourth-order valence-corrected chi connectivity index (χ4v) is 5.21. The van der Waals surface area contributed by atoms with E-state index in [1.54, 1.807) is 7.05 Å². The fraction of sp³-hybridized carbons (Fsp3) is 0.370. The smallest absolute Gasteiger partial charge is 0.280 e. The van der Waals surface area contributed by atoms with Crippen LogP contribution in [-0.2, 0) is 7.05 Å². The number of nitrogens with zero attached hydrogens (tertiary/aromatic N) is 2. The standard InChI is InChI=1S/C27H32N4O2/c1-26(2)16-20(17-27(3,4)30-26)28-24(32)22-21(18-12-8-6-9-13-18)23(29-31(5)25(22)33)19-14-10-7-11-15-19/h6-15,20,30H,16-17H2,1-5H3,(H,28,32). The molecule has 1 fully saturated rings. The molecular formula is C27H32N4O2. The van der Waals surface area contributed by atoms with E-state index in [4.69, 9.17) is 0 Å². The van der Waals surface area contributed by atoms with Crippen LogP contribution in [0.3, 0.4) is 0 Å². The first-order valence-electron chi connectivity index (χ1n) is 11.4. The molecule has 172 valence electrons. The summed E-state index contributed by atoms with van der Waals surface area (Å²) in [6.45, 7) is 8.56. The minimum Gasteiger partial charge on any atom is -0.349 e. The van der Waals surface area contributed by atoms with Gasteiger partial charge < -0.3 is 10.6 Å². The van der Waals surface area contributed by atoms with Crippen molar-refractivity contribution >= 4 is 5.91 Å². The summed E-state index contributed by atoms with van der Waals surface area (Å²) in [6.07, 6.45) is 1.56. The molecule has 2 heterocycles. The monoisotopic (exact) mass is 444 g/mol. The first-order chi connectivity index (χ1) is 15.6. The maximum Gasteiger partial charge on any atom is 0.280 e. The summed E-state index contributed by atoms with van der Waals surface area (Å²) in [5, 5.41) is 11.4. The van der Waals surface area contributed by atoms with Crippen LogP contribution in [0.1, 0.15) is 50.9 Å². The highest BCUT2D eigenvalue weighted by molar-refractivity contribution is 6.03. The van der Waals surface area contributed by atoms with Gasteiger partial charge in [0.2, 0.25) is 0 Å². The molecule has 2 aromatic carbocycles. The Morgan fingerprint density at radius 3 is 2.00 bits per heavy atom. The average molecular weight is 445 g/mol. The van der Waals surface area contributed by atoms with E-state index >= 15 is 0 Å². The molecule has 1 aliphatic rings. The minimum absolute atomic E-state index is 0.0505. The van der Waals surface area contributed by atoms with Gasteiger partial charge in [-0.1, -0.05) is 60.7 Å². The Bertz CT molecular complexity index is 1200. The number of aryl methyl sites for hydroxylation is 1. The Labute approximate surface area is 195 Å². The topological polar surface area (TPSA) is 76.0 Å². The maximum absolute atomic E-state index is 13.7. The molecule has 1 aliphatic heterocycles. The van der Waals surface area contributed by atoms with Gasteiger partial charge >= 0.3 is 0 Å². The van der Waals surface area contributed by atoms with Gasteiger partial charge in [0.15, 0.2) is 0 Å². The molecule has 0 radical (unpaired) electrons. The lowest BCUT2D eigenvalue weighted by molar-refractivity contribution is 0.0871. The zero-order valence-electron chi connectivity index (χ0n) is 20.0. The van der Waals surface area contributed by atoms with Crippen LogP contribution in [0.2, 0.25) is 0 Å².